The van der Waals surface area contributed by atoms with E-state index in [4.69, 9.17) is 0 Å². The van der Waals surface area contributed by atoms with E-state index in [1.807, 2.05) is 16.8 Å². The fourth-order valence-electron chi connectivity index (χ4n) is 4.31. The number of hydrogen-bond donors (Lipinski definition) is 0. The molecule has 4 rings (SSSR count). The predicted molar refractivity (Wildman–Crippen MR) is 121 cm³/mol. The van der Waals surface area contributed by atoms with E-state index >= 15 is 0 Å². The molecule has 0 N–H and O–H groups in total. The molecule has 0 amide bonds. The van der Waals surface area contributed by atoms with Crippen molar-refractivity contribution in [1.82, 2.24) is 25.1 Å². The number of piperazine rings is 1. The second-order valence-electron chi connectivity index (χ2n) is 9.32. The summed E-state index contributed by atoms with van der Waals surface area (Å²) in [4.78, 5) is 4.86. The number of nitrogens with zero attached hydrogens (tertiary/aromatic N) is 6. The number of aryl methyl sites for hydroxylation is 1. The monoisotopic (exact) mass is 422 g/mol. The van der Waals surface area contributed by atoms with Crippen LogP contribution in [0.3, 0.4) is 0 Å². The maximum absolute atomic E-state index is 13.6. The summed E-state index contributed by atoms with van der Waals surface area (Å²) >= 11 is 0. The molecule has 0 saturated carbocycles. The predicted octanol–water partition coefficient (Wildman–Crippen LogP) is 4.10. The minimum Gasteiger partial charge on any atom is -0.369 e. The molecule has 1 aliphatic rings. The average molecular weight is 423 g/mol. The van der Waals surface area contributed by atoms with Gasteiger partial charge >= 0.3 is 0 Å². The van der Waals surface area contributed by atoms with Crippen LogP contribution in [0.15, 0.2) is 42.5 Å². The number of hydrogen-bond acceptors (Lipinski definition) is 5. The van der Waals surface area contributed by atoms with Gasteiger partial charge in [0.05, 0.1) is 11.6 Å². The van der Waals surface area contributed by atoms with Gasteiger partial charge in [0, 0.05) is 31.9 Å². The van der Waals surface area contributed by atoms with Crippen LogP contribution in [-0.4, -0.2) is 51.3 Å². The molecular weight excluding hydrogens is 391 g/mol. The van der Waals surface area contributed by atoms with Gasteiger partial charge in [0.15, 0.2) is 5.82 Å². The van der Waals surface area contributed by atoms with Gasteiger partial charge in [0.2, 0.25) is 0 Å². The van der Waals surface area contributed by atoms with Crippen molar-refractivity contribution in [3.8, 4) is 0 Å². The van der Waals surface area contributed by atoms with E-state index < -0.39 is 0 Å². The summed E-state index contributed by atoms with van der Waals surface area (Å²) < 4.78 is 15.5. The molecule has 1 atom stereocenters. The normalized spacial score (nSPS) is 16.5. The zero-order valence-corrected chi connectivity index (χ0v) is 19.0. The number of rotatable bonds is 4. The lowest BCUT2D eigenvalue weighted by atomic mass is 10.0. The van der Waals surface area contributed by atoms with Gasteiger partial charge in [0.1, 0.15) is 5.82 Å². The van der Waals surface area contributed by atoms with Crippen LogP contribution < -0.4 is 4.90 Å². The topological polar surface area (TPSA) is 50.1 Å². The molecule has 6 nitrogen and oxygen atoms in total. The first kappa shape index (κ1) is 21.4. The second-order valence-corrected chi connectivity index (χ2v) is 9.32. The summed E-state index contributed by atoms with van der Waals surface area (Å²) in [5.41, 5.74) is 4.70. The maximum atomic E-state index is 13.6. The first-order valence-corrected chi connectivity index (χ1v) is 10.8. The molecule has 2 aromatic carbocycles. The highest BCUT2D eigenvalue weighted by molar-refractivity contribution is 5.56. The minimum absolute atomic E-state index is 0.129. The summed E-state index contributed by atoms with van der Waals surface area (Å²) in [6.07, 6.45) is 0. The van der Waals surface area contributed by atoms with Crippen molar-refractivity contribution in [1.29, 1.82) is 0 Å². The SMILES string of the molecule is Cc1cccc(N2CCN([C@H](c3ccc(F)cc3)c3nnnn3C(C)(C)C)CC2)c1C. The average Bonchev–Trinajstić information content (AvgIpc) is 3.22. The number of tetrazole rings is 1. The van der Waals surface area contributed by atoms with E-state index in [2.05, 4.69) is 78.1 Å². The Bertz CT molecular complexity index is 1030. The number of aromatic nitrogens is 4. The first-order chi connectivity index (χ1) is 14.8. The van der Waals surface area contributed by atoms with E-state index in [-0.39, 0.29) is 17.4 Å². The minimum atomic E-state index is -0.252. The summed E-state index contributed by atoms with van der Waals surface area (Å²) in [6.45, 7) is 14.2. The Balaban J connectivity index is 1.64. The Morgan fingerprint density at radius 1 is 0.935 bits per heavy atom. The highest BCUT2D eigenvalue weighted by Crippen LogP contribution is 2.32. The van der Waals surface area contributed by atoms with Crippen LogP contribution in [0, 0.1) is 19.7 Å². The zero-order chi connectivity index (χ0) is 22.2. The molecule has 1 aliphatic heterocycles. The third-order valence-corrected chi connectivity index (χ3v) is 6.16. The molecule has 0 bridgehead atoms. The molecule has 0 aliphatic carbocycles. The molecule has 1 aromatic heterocycles. The van der Waals surface area contributed by atoms with Crippen molar-refractivity contribution in [2.24, 2.45) is 0 Å². The van der Waals surface area contributed by atoms with Crippen LogP contribution in [0.2, 0.25) is 0 Å². The Morgan fingerprint density at radius 3 is 2.26 bits per heavy atom. The lowest BCUT2D eigenvalue weighted by molar-refractivity contribution is 0.191. The third kappa shape index (κ3) is 4.32. The van der Waals surface area contributed by atoms with E-state index in [0.29, 0.717) is 0 Å². The molecule has 7 heteroatoms. The van der Waals surface area contributed by atoms with Gasteiger partial charge < -0.3 is 4.90 Å². The molecule has 2 heterocycles. The van der Waals surface area contributed by atoms with Crippen LogP contribution in [0.1, 0.15) is 49.3 Å². The number of anilines is 1. The van der Waals surface area contributed by atoms with Crippen molar-refractivity contribution >= 4 is 5.69 Å². The Kier molecular flexibility index (Phi) is 5.79. The fraction of sp³-hybridized carbons (Fsp3) is 0.458. The van der Waals surface area contributed by atoms with E-state index in [0.717, 1.165) is 37.6 Å². The number of halogens is 1. The quantitative estimate of drug-likeness (QED) is 0.634. The largest absolute Gasteiger partial charge is 0.369 e. The van der Waals surface area contributed by atoms with Crippen molar-refractivity contribution in [2.45, 2.75) is 46.2 Å². The highest BCUT2D eigenvalue weighted by Gasteiger charge is 2.33. The van der Waals surface area contributed by atoms with Crippen LogP contribution in [0.25, 0.3) is 0 Å². The van der Waals surface area contributed by atoms with Crippen LogP contribution in [0.5, 0.6) is 0 Å². The molecule has 0 unspecified atom stereocenters. The Morgan fingerprint density at radius 2 is 1.61 bits per heavy atom. The zero-order valence-electron chi connectivity index (χ0n) is 19.0. The smallest absolute Gasteiger partial charge is 0.173 e. The Hall–Kier alpha value is -2.80. The maximum Gasteiger partial charge on any atom is 0.173 e. The first-order valence-electron chi connectivity index (χ1n) is 10.8. The van der Waals surface area contributed by atoms with Crippen molar-refractivity contribution in [3.05, 3.63) is 70.8 Å². The summed E-state index contributed by atoms with van der Waals surface area (Å²) in [6, 6.07) is 13.1. The van der Waals surface area contributed by atoms with E-state index in [1.54, 1.807) is 0 Å². The lowest BCUT2D eigenvalue weighted by Gasteiger charge is -2.41. The van der Waals surface area contributed by atoms with Crippen LogP contribution >= 0.6 is 0 Å². The molecule has 1 fully saturated rings. The molecular formula is C24H31FN6. The molecule has 1 saturated heterocycles. The van der Waals surface area contributed by atoms with Crippen molar-refractivity contribution in [2.75, 3.05) is 31.1 Å². The molecule has 164 valence electrons. The standard InChI is InChI=1S/C24H31FN6/c1-17-7-6-8-21(18(17)2)29-13-15-30(16-14-29)22(19-9-11-20(25)12-10-19)23-26-27-28-31(23)24(3,4)5/h6-12,22H,13-16H2,1-5H3/t22-/m1/s1. The molecule has 31 heavy (non-hydrogen) atoms. The summed E-state index contributed by atoms with van der Waals surface area (Å²) in [5, 5.41) is 12.7. The van der Waals surface area contributed by atoms with Gasteiger partial charge in [0.25, 0.3) is 0 Å². The molecule has 3 aromatic rings. The van der Waals surface area contributed by atoms with Crippen LogP contribution in [0.4, 0.5) is 10.1 Å². The van der Waals surface area contributed by atoms with Gasteiger partial charge in [-0.25, -0.2) is 9.07 Å². The van der Waals surface area contributed by atoms with E-state index in [9.17, 15) is 4.39 Å². The fourth-order valence-corrected chi connectivity index (χ4v) is 4.31. The van der Waals surface area contributed by atoms with Crippen molar-refractivity contribution < 1.29 is 4.39 Å². The van der Waals surface area contributed by atoms with Crippen LogP contribution in [-0.2, 0) is 5.54 Å². The van der Waals surface area contributed by atoms with Crippen molar-refractivity contribution in [3.63, 3.8) is 0 Å². The second kappa shape index (κ2) is 8.38. The Labute approximate surface area is 183 Å². The van der Waals surface area contributed by atoms with Gasteiger partial charge in [-0.15, -0.1) is 5.10 Å². The van der Waals surface area contributed by atoms with Gasteiger partial charge in [-0.2, -0.15) is 0 Å². The summed E-state index contributed by atoms with van der Waals surface area (Å²) in [5.74, 6) is 0.553. The number of benzene rings is 2. The van der Waals surface area contributed by atoms with Gasteiger partial charge in [-0.05, 0) is 79.9 Å². The molecule has 0 spiro atoms. The lowest BCUT2D eigenvalue weighted by Crippen LogP contribution is -2.49. The van der Waals surface area contributed by atoms with E-state index in [1.165, 1.54) is 28.9 Å². The third-order valence-electron chi connectivity index (χ3n) is 6.16. The highest BCUT2D eigenvalue weighted by atomic mass is 19.1. The molecule has 0 radical (unpaired) electrons. The van der Waals surface area contributed by atoms with Gasteiger partial charge in [-0.3, -0.25) is 4.90 Å². The summed E-state index contributed by atoms with van der Waals surface area (Å²) in [7, 11) is 0. The van der Waals surface area contributed by atoms with Gasteiger partial charge in [-0.1, -0.05) is 24.3 Å².